The zero-order valence-corrected chi connectivity index (χ0v) is 17.0. The Bertz CT molecular complexity index is 1140. The third-order valence-electron chi connectivity index (χ3n) is 6.05. The summed E-state index contributed by atoms with van der Waals surface area (Å²) in [5, 5.41) is 0.786. The van der Waals surface area contributed by atoms with E-state index in [-0.39, 0.29) is 16.9 Å². The molecule has 1 aliphatic rings. The number of carbonyl (C=O) groups excluding carboxylic acids is 1. The van der Waals surface area contributed by atoms with Gasteiger partial charge in [-0.2, -0.15) is 0 Å². The summed E-state index contributed by atoms with van der Waals surface area (Å²) in [6.07, 6.45) is 1.04. The topological polar surface area (TPSA) is 50.5 Å². The zero-order valence-electron chi connectivity index (χ0n) is 17.0. The molecule has 4 nitrogen and oxygen atoms in total. The number of anilines is 1. The standard InChI is InChI=1S/C24H25NO3/c1-14-6-8-16(9-7-14)22(26)19-11-17-10-18-15(2)13-24(3,4)25(5)20(18)12-21(17)28-23(19)27/h6-12,15H,13H2,1-5H3/t15-/m0/s1. The minimum absolute atomic E-state index is 0.0295. The Morgan fingerprint density at radius 1 is 1.14 bits per heavy atom. The summed E-state index contributed by atoms with van der Waals surface area (Å²) in [5.41, 5.74) is 3.88. The largest absolute Gasteiger partial charge is 0.422 e. The van der Waals surface area contributed by atoms with Gasteiger partial charge in [-0.05, 0) is 50.8 Å². The van der Waals surface area contributed by atoms with E-state index in [1.54, 1.807) is 18.2 Å². The second-order valence-corrected chi connectivity index (χ2v) is 8.57. The number of rotatable bonds is 2. The Morgan fingerprint density at radius 3 is 2.50 bits per heavy atom. The van der Waals surface area contributed by atoms with E-state index in [1.165, 1.54) is 5.56 Å². The van der Waals surface area contributed by atoms with Crippen LogP contribution in [-0.4, -0.2) is 18.4 Å². The number of hydrogen-bond acceptors (Lipinski definition) is 4. The van der Waals surface area contributed by atoms with Crippen molar-refractivity contribution in [3.05, 3.63) is 75.1 Å². The molecule has 4 heteroatoms. The number of hydrogen-bond donors (Lipinski definition) is 0. The summed E-state index contributed by atoms with van der Waals surface area (Å²) < 4.78 is 5.57. The van der Waals surface area contributed by atoms with Crippen molar-refractivity contribution in [1.29, 1.82) is 0 Å². The lowest BCUT2D eigenvalue weighted by Gasteiger charge is -2.45. The van der Waals surface area contributed by atoms with Gasteiger partial charge in [-0.1, -0.05) is 36.8 Å². The van der Waals surface area contributed by atoms with Gasteiger partial charge in [0.2, 0.25) is 0 Å². The SMILES string of the molecule is Cc1ccc(C(=O)c2cc3cc4c(cc3oc2=O)N(C)C(C)(C)C[C@@H]4C)cc1. The maximum absolute atomic E-state index is 12.8. The molecule has 2 aromatic carbocycles. The minimum Gasteiger partial charge on any atom is -0.422 e. The van der Waals surface area contributed by atoms with E-state index < -0.39 is 5.63 Å². The molecule has 0 saturated carbocycles. The molecule has 0 bridgehead atoms. The molecule has 1 aromatic heterocycles. The van der Waals surface area contributed by atoms with E-state index in [0.29, 0.717) is 17.1 Å². The molecular weight excluding hydrogens is 350 g/mol. The molecule has 0 N–H and O–H groups in total. The van der Waals surface area contributed by atoms with Gasteiger partial charge in [0.15, 0.2) is 5.78 Å². The summed E-state index contributed by atoms with van der Waals surface area (Å²) in [6, 6.07) is 12.9. The van der Waals surface area contributed by atoms with Crippen LogP contribution in [0.2, 0.25) is 0 Å². The lowest BCUT2D eigenvalue weighted by molar-refractivity contribution is 0.103. The van der Waals surface area contributed by atoms with Crippen LogP contribution in [0.15, 0.2) is 51.7 Å². The molecule has 3 aromatic rings. The number of carbonyl (C=O) groups is 1. The highest BCUT2D eigenvalue weighted by Gasteiger charge is 2.34. The average Bonchev–Trinajstić information content (AvgIpc) is 2.64. The van der Waals surface area contributed by atoms with E-state index in [4.69, 9.17) is 4.42 Å². The van der Waals surface area contributed by atoms with Crippen LogP contribution in [0.5, 0.6) is 0 Å². The highest BCUT2D eigenvalue weighted by atomic mass is 16.4. The quantitative estimate of drug-likeness (QED) is 0.464. The van der Waals surface area contributed by atoms with Crippen molar-refractivity contribution in [2.24, 2.45) is 0 Å². The van der Waals surface area contributed by atoms with Crippen molar-refractivity contribution in [3.63, 3.8) is 0 Å². The van der Waals surface area contributed by atoms with E-state index in [0.717, 1.165) is 23.1 Å². The number of aryl methyl sites for hydroxylation is 1. The zero-order chi connectivity index (χ0) is 20.2. The molecule has 28 heavy (non-hydrogen) atoms. The van der Waals surface area contributed by atoms with Crippen LogP contribution in [0.4, 0.5) is 5.69 Å². The van der Waals surface area contributed by atoms with Gasteiger partial charge in [0.25, 0.3) is 0 Å². The minimum atomic E-state index is -0.594. The van der Waals surface area contributed by atoms with Gasteiger partial charge in [-0.3, -0.25) is 4.79 Å². The molecule has 0 fully saturated rings. The molecule has 4 rings (SSSR count). The van der Waals surface area contributed by atoms with Gasteiger partial charge in [0.1, 0.15) is 11.1 Å². The maximum Gasteiger partial charge on any atom is 0.347 e. The van der Waals surface area contributed by atoms with Crippen LogP contribution in [0.3, 0.4) is 0 Å². The second kappa shape index (κ2) is 6.33. The summed E-state index contributed by atoms with van der Waals surface area (Å²) >= 11 is 0. The van der Waals surface area contributed by atoms with Gasteiger partial charge >= 0.3 is 5.63 Å². The molecule has 0 unspecified atom stereocenters. The first kappa shape index (κ1) is 18.5. The van der Waals surface area contributed by atoms with E-state index in [9.17, 15) is 9.59 Å². The smallest absolute Gasteiger partial charge is 0.347 e. The van der Waals surface area contributed by atoms with Gasteiger partial charge in [-0.15, -0.1) is 0 Å². The van der Waals surface area contributed by atoms with Crippen LogP contribution in [0.25, 0.3) is 11.0 Å². The molecule has 144 valence electrons. The predicted octanol–water partition coefficient (Wildman–Crippen LogP) is 5.05. The first-order chi connectivity index (χ1) is 13.2. The molecule has 0 spiro atoms. The first-order valence-electron chi connectivity index (χ1n) is 9.64. The Morgan fingerprint density at radius 2 is 1.82 bits per heavy atom. The van der Waals surface area contributed by atoms with Crippen LogP contribution in [0, 0.1) is 6.92 Å². The summed E-state index contributed by atoms with van der Waals surface area (Å²) in [7, 11) is 2.07. The monoisotopic (exact) mass is 375 g/mol. The number of benzene rings is 2. The normalized spacial score (nSPS) is 18.2. The molecule has 0 radical (unpaired) electrons. The average molecular weight is 375 g/mol. The third kappa shape index (κ3) is 2.93. The van der Waals surface area contributed by atoms with E-state index in [2.05, 4.69) is 38.8 Å². The molecule has 2 heterocycles. The Kier molecular flexibility index (Phi) is 4.18. The van der Waals surface area contributed by atoms with Crippen molar-refractivity contribution in [1.82, 2.24) is 0 Å². The molecule has 1 atom stereocenters. The summed E-state index contributed by atoms with van der Waals surface area (Å²) in [4.78, 5) is 27.6. The molecule has 1 aliphatic heterocycles. The fourth-order valence-corrected chi connectivity index (χ4v) is 4.20. The predicted molar refractivity (Wildman–Crippen MR) is 113 cm³/mol. The number of ketones is 1. The second-order valence-electron chi connectivity index (χ2n) is 8.57. The van der Waals surface area contributed by atoms with Gasteiger partial charge in [-0.25, -0.2) is 4.79 Å². The Hall–Kier alpha value is -2.88. The van der Waals surface area contributed by atoms with Crippen molar-refractivity contribution in [2.45, 2.75) is 45.6 Å². The Labute approximate surface area is 164 Å². The van der Waals surface area contributed by atoms with Crippen LogP contribution < -0.4 is 10.5 Å². The lowest BCUT2D eigenvalue weighted by Crippen LogP contribution is -2.45. The fourth-order valence-electron chi connectivity index (χ4n) is 4.20. The lowest BCUT2D eigenvalue weighted by atomic mass is 9.80. The number of fused-ring (bicyclic) bond motifs is 2. The van der Waals surface area contributed by atoms with Crippen LogP contribution in [0.1, 0.15) is 60.2 Å². The van der Waals surface area contributed by atoms with Crippen molar-refractivity contribution in [2.75, 3.05) is 11.9 Å². The summed E-state index contributed by atoms with van der Waals surface area (Å²) in [5.74, 6) is 0.0773. The fraction of sp³-hybridized carbons (Fsp3) is 0.333. The van der Waals surface area contributed by atoms with Gasteiger partial charge < -0.3 is 9.32 Å². The molecule has 0 saturated heterocycles. The number of nitrogens with zero attached hydrogens (tertiary/aromatic N) is 1. The van der Waals surface area contributed by atoms with Crippen LogP contribution in [-0.2, 0) is 0 Å². The van der Waals surface area contributed by atoms with Crippen LogP contribution >= 0.6 is 0 Å². The molecule has 0 aliphatic carbocycles. The molecule has 0 amide bonds. The third-order valence-corrected chi connectivity index (χ3v) is 6.05. The van der Waals surface area contributed by atoms with Gasteiger partial charge in [0, 0.05) is 35.3 Å². The van der Waals surface area contributed by atoms with Crippen molar-refractivity contribution < 1.29 is 9.21 Å². The van der Waals surface area contributed by atoms with Crippen molar-refractivity contribution >= 4 is 22.4 Å². The first-order valence-corrected chi connectivity index (χ1v) is 9.64. The molecular formula is C24H25NO3. The van der Waals surface area contributed by atoms with Gasteiger partial charge in [0.05, 0.1) is 0 Å². The van der Waals surface area contributed by atoms with E-state index in [1.807, 2.05) is 25.1 Å². The van der Waals surface area contributed by atoms with Crippen molar-refractivity contribution in [3.8, 4) is 0 Å². The highest BCUT2D eigenvalue weighted by molar-refractivity contribution is 6.10. The highest BCUT2D eigenvalue weighted by Crippen LogP contribution is 2.43. The van der Waals surface area contributed by atoms with E-state index >= 15 is 0 Å². The Balaban J connectivity index is 1.86. The maximum atomic E-state index is 12.8. The summed E-state index contributed by atoms with van der Waals surface area (Å²) in [6.45, 7) is 8.62.